The zero-order chi connectivity index (χ0) is 17.4. The van der Waals surface area contributed by atoms with Crippen molar-refractivity contribution in [3.8, 4) is 0 Å². The fourth-order valence-corrected chi connectivity index (χ4v) is 2.90. The lowest BCUT2D eigenvalue weighted by Crippen LogP contribution is -2.23. The fourth-order valence-electron chi connectivity index (χ4n) is 2.90. The molecule has 4 heteroatoms. The van der Waals surface area contributed by atoms with Crippen LogP contribution < -0.4 is 5.32 Å². The quantitative estimate of drug-likeness (QED) is 0.660. The molecule has 1 aromatic carbocycles. The highest BCUT2D eigenvalue weighted by Gasteiger charge is 2.12. The van der Waals surface area contributed by atoms with Crippen molar-refractivity contribution in [2.45, 2.75) is 65.8 Å². The summed E-state index contributed by atoms with van der Waals surface area (Å²) in [4.78, 5) is 16.1. The van der Waals surface area contributed by atoms with Crippen LogP contribution in [-0.4, -0.2) is 22.0 Å². The van der Waals surface area contributed by atoms with Gasteiger partial charge in [-0.05, 0) is 30.9 Å². The van der Waals surface area contributed by atoms with E-state index in [-0.39, 0.29) is 5.91 Å². The van der Waals surface area contributed by atoms with Crippen molar-refractivity contribution >= 4 is 16.9 Å². The third kappa shape index (κ3) is 5.08. The third-order valence-electron chi connectivity index (χ3n) is 4.65. The molecule has 0 radical (unpaired) electrons. The van der Waals surface area contributed by atoms with E-state index in [1.54, 1.807) is 0 Å². The molecule has 2 aromatic rings. The molecule has 1 amide bonds. The Hall–Kier alpha value is -1.84. The Morgan fingerprint density at radius 2 is 2.00 bits per heavy atom. The number of hydrogen-bond acceptors (Lipinski definition) is 2. The van der Waals surface area contributed by atoms with Crippen LogP contribution in [0.3, 0.4) is 0 Å². The number of amides is 1. The smallest absolute Gasteiger partial charge is 0.219 e. The van der Waals surface area contributed by atoms with E-state index in [1.165, 1.54) is 17.8 Å². The van der Waals surface area contributed by atoms with Crippen LogP contribution in [0.2, 0.25) is 0 Å². The van der Waals surface area contributed by atoms with Gasteiger partial charge in [-0.1, -0.05) is 45.7 Å². The van der Waals surface area contributed by atoms with Gasteiger partial charge in [0.05, 0.1) is 11.0 Å². The van der Waals surface area contributed by atoms with E-state index < -0.39 is 0 Å². The van der Waals surface area contributed by atoms with E-state index in [9.17, 15) is 4.79 Å². The van der Waals surface area contributed by atoms with Gasteiger partial charge in [-0.15, -0.1) is 0 Å². The normalized spacial score (nSPS) is 12.5. The van der Waals surface area contributed by atoms with Crippen LogP contribution in [-0.2, 0) is 17.8 Å². The Kier molecular flexibility index (Phi) is 7.29. The van der Waals surface area contributed by atoms with Crippen LogP contribution in [0.5, 0.6) is 0 Å². The van der Waals surface area contributed by atoms with Gasteiger partial charge in [0.2, 0.25) is 5.91 Å². The summed E-state index contributed by atoms with van der Waals surface area (Å²) in [6, 6.07) is 8.43. The van der Waals surface area contributed by atoms with Crippen LogP contribution in [0, 0.1) is 5.92 Å². The summed E-state index contributed by atoms with van der Waals surface area (Å²) in [5.41, 5.74) is 2.36. The number of carbonyl (C=O) groups excluding carboxylic acids is 1. The molecule has 1 atom stereocenters. The van der Waals surface area contributed by atoms with E-state index in [2.05, 4.69) is 48.0 Å². The topological polar surface area (TPSA) is 46.9 Å². The number of carbonyl (C=O) groups is 1. The predicted octanol–water partition coefficient (Wildman–Crippen LogP) is 4.32. The summed E-state index contributed by atoms with van der Waals surface area (Å²) < 4.78 is 2.41. The van der Waals surface area contributed by atoms with Crippen molar-refractivity contribution < 1.29 is 4.79 Å². The van der Waals surface area contributed by atoms with Crippen LogP contribution in [0.25, 0.3) is 11.0 Å². The Labute approximate surface area is 145 Å². The molecule has 132 valence electrons. The second-order valence-electron chi connectivity index (χ2n) is 6.65. The Morgan fingerprint density at radius 3 is 2.75 bits per heavy atom. The SMILES string of the molecule is CCC(=O)NCCCCCc1nc2ccccc2n1CC(C)CC. The standard InChI is InChI=1S/C20H31N3O/c1-4-16(3)15-23-18-12-9-8-11-17(18)22-19(23)13-7-6-10-14-21-20(24)5-2/h8-9,11-12,16H,4-7,10,13-15H2,1-3H3,(H,21,24). The molecule has 1 unspecified atom stereocenters. The molecular formula is C20H31N3O. The lowest BCUT2D eigenvalue weighted by atomic mass is 10.1. The lowest BCUT2D eigenvalue weighted by molar-refractivity contribution is -0.120. The maximum atomic E-state index is 11.2. The molecule has 1 N–H and O–H groups in total. The van der Waals surface area contributed by atoms with E-state index >= 15 is 0 Å². The summed E-state index contributed by atoms with van der Waals surface area (Å²) in [6.07, 6.45) is 6.04. The van der Waals surface area contributed by atoms with E-state index in [0.29, 0.717) is 12.3 Å². The Morgan fingerprint density at radius 1 is 1.21 bits per heavy atom. The molecular weight excluding hydrogens is 298 g/mol. The van der Waals surface area contributed by atoms with Gasteiger partial charge in [0.1, 0.15) is 5.82 Å². The first-order chi connectivity index (χ1) is 11.7. The number of nitrogens with zero attached hydrogens (tertiary/aromatic N) is 2. The van der Waals surface area contributed by atoms with Crippen molar-refractivity contribution in [1.82, 2.24) is 14.9 Å². The highest BCUT2D eigenvalue weighted by molar-refractivity contribution is 5.76. The zero-order valence-electron chi connectivity index (χ0n) is 15.3. The monoisotopic (exact) mass is 329 g/mol. The van der Waals surface area contributed by atoms with E-state index in [0.717, 1.165) is 44.3 Å². The molecule has 0 spiro atoms. The van der Waals surface area contributed by atoms with Crippen molar-refractivity contribution in [2.24, 2.45) is 5.92 Å². The van der Waals surface area contributed by atoms with Gasteiger partial charge in [0.25, 0.3) is 0 Å². The van der Waals surface area contributed by atoms with E-state index in [1.807, 2.05) is 6.92 Å². The molecule has 1 heterocycles. The van der Waals surface area contributed by atoms with Crippen LogP contribution >= 0.6 is 0 Å². The van der Waals surface area contributed by atoms with Crippen LogP contribution in [0.15, 0.2) is 24.3 Å². The molecule has 0 saturated carbocycles. The summed E-state index contributed by atoms with van der Waals surface area (Å²) in [5.74, 6) is 2.00. The number of fused-ring (bicyclic) bond motifs is 1. The van der Waals surface area contributed by atoms with Gasteiger partial charge in [-0.3, -0.25) is 4.79 Å². The maximum absolute atomic E-state index is 11.2. The second-order valence-corrected chi connectivity index (χ2v) is 6.65. The average molecular weight is 329 g/mol. The zero-order valence-corrected chi connectivity index (χ0v) is 15.3. The number of benzene rings is 1. The number of rotatable bonds is 10. The van der Waals surface area contributed by atoms with Crippen LogP contribution in [0.1, 0.15) is 58.7 Å². The molecule has 0 aliphatic heterocycles. The summed E-state index contributed by atoms with van der Waals surface area (Å²) in [7, 11) is 0. The van der Waals surface area contributed by atoms with Gasteiger partial charge in [0.15, 0.2) is 0 Å². The van der Waals surface area contributed by atoms with E-state index in [4.69, 9.17) is 4.98 Å². The molecule has 0 aliphatic carbocycles. The van der Waals surface area contributed by atoms with Gasteiger partial charge < -0.3 is 9.88 Å². The van der Waals surface area contributed by atoms with Crippen LogP contribution in [0.4, 0.5) is 0 Å². The number of para-hydroxylation sites is 2. The van der Waals surface area contributed by atoms with Gasteiger partial charge in [-0.2, -0.15) is 0 Å². The first kappa shape index (κ1) is 18.5. The Bertz CT molecular complexity index is 647. The fraction of sp³-hybridized carbons (Fsp3) is 0.600. The predicted molar refractivity (Wildman–Crippen MR) is 100 cm³/mol. The number of unbranched alkanes of at least 4 members (excludes halogenated alkanes) is 2. The number of nitrogens with one attached hydrogen (secondary N) is 1. The molecule has 0 aliphatic rings. The summed E-state index contributed by atoms with van der Waals surface area (Å²) in [6.45, 7) is 8.26. The maximum Gasteiger partial charge on any atom is 0.219 e. The van der Waals surface area contributed by atoms with Crippen molar-refractivity contribution in [3.05, 3.63) is 30.1 Å². The minimum atomic E-state index is 0.144. The lowest BCUT2D eigenvalue weighted by Gasteiger charge is -2.14. The molecule has 0 saturated heterocycles. The molecule has 2 rings (SSSR count). The first-order valence-corrected chi connectivity index (χ1v) is 9.36. The van der Waals surface area contributed by atoms with Crippen molar-refractivity contribution in [2.75, 3.05) is 6.54 Å². The number of hydrogen-bond donors (Lipinski definition) is 1. The van der Waals surface area contributed by atoms with Crippen molar-refractivity contribution in [3.63, 3.8) is 0 Å². The molecule has 1 aromatic heterocycles. The Balaban J connectivity index is 1.93. The minimum absolute atomic E-state index is 0.144. The molecule has 24 heavy (non-hydrogen) atoms. The van der Waals surface area contributed by atoms with Gasteiger partial charge in [0, 0.05) is 25.9 Å². The largest absolute Gasteiger partial charge is 0.356 e. The minimum Gasteiger partial charge on any atom is -0.356 e. The second kappa shape index (κ2) is 9.45. The highest BCUT2D eigenvalue weighted by atomic mass is 16.1. The number of aromatic nitrogens is 2. The summed E-state index contributed by atoms with van der Waals surface area (Å²) in [5, 5.41) is 2.94. The molecule has 4 nitrogen and oxygen atoms in total. The number of aryl methyl sites for hydroxylation is 1. The molecule has 0 bridgehead atoms. The van der Waals surface area contributed by atoms with Crippen molar-refractivity contribution in [1.29, 1.82) is 0 Å². The number of imidazole rings is 1. The first-order valence-electron chi connectivity index (χ1n) is 9.36. The third-order valence-corrected chi connectivity index (χ3v) is 4.65. The van der Waals surface area contributed by atoms with Gasteiger partial charge in [-0.25, -0.2) is 4.98 Å². The van der Waals surface area contributed by atoms with Gasteiger partial charge >= 0.3 is 0 Å². The summed E-state index contributed by atoms with van der Waals surface area (Å²) >= 11 is 0. The highest BCUT2D eigenvalue weighted by Crippen LogP contribution is 2.20. The average Bonchev–Trinajstić information content (AvgIpc) is 2.95. The molecule has 0 fully saturated rings.